The van der Waals surface area contributed by atoms with Crippen LogP contribution in [0, 0.1) is 23.2 Å². The molecular formula is C14H26O3. The van der Waals surface area contributed by atoms with E-state index < -0.39 is 0 Å². The van der Waals surface area contributed by atoms with Gasteiger partial charge in [0.1, 0.15) is 0 Å². The molecule has 1 saturated carbocycles. The zero-order valence-electron chi connectivity index (χ0n) is 11.5. The molecule has 0 aromatic rings. The molecule has 0 spiro atoms. The van der Waals surface area contributed by atoms with Crippen molar-refractivity contribution in [3.8, 4) is 0 Å². The van der Waals surface area contributed by atoms with E-state index in [1.165, 1.54) is 6.92 Å². The molecule has 1 fully saturated rings. The summed E-state index contributed by atoms with van der Waals surface area (Å²) in [7, 11) is 0. The largest absolute Gasteiger partial charge is 0.465 e. The molecule has 0 bridgehead atoms. The minimum Gasteiger partial charge on any atom is -0.465 e. The van der Waals surface area contributed by atoms with Crippen molar-refractivity contribution in [1.82, 2.24) is 0 Å². The average molecular weight is 242 g/mol. The van der Waals surface area contributed by atoms with Crippen molar-refractivity contribution in [2.24, 2.45) is 23.2 Å². The van der Waals surface area contributed by atoms with Crippen LogP contribution in [-0.2, 0) is 9.53 Å². The quantitative estimate of drug-likeness (QED) is 0.771. The molecule has 0 saturated heterocycles. The van der Waals surface area contributed by atoms with E-state index in [9.17, 15) is 9.90 Å². The van der Waals surface area contributed by atoms with Crippen LogP contribution in [0.25, 0.3) is 0 Å². The Labute approximate surface area is 105 Å². The van der Waals surface area contributed by atoms with Gasteiger partial charge >= 0.3 is 5.97 Å². The Morgan fingerprint density at radius 1 is 1.53 bits per heavy atom. The molecule has 0 amide bonds. The molecule has 100 valence electrons. The van der Waals surface area contributed by atoms with E-state index in [0.29, 0.717) is 24.4 Å². The fourth-order valence-electron chi connectivity index (χ4n) is 3.12. The topological polar surface area (TPSA) is 46.5 Å². The van der Waals surface area contributed by atoms with E-state index in [0.717, 1.165) is 19.3 Å². The minimum absolute atomic E-state index is 0.0461. The highest BCUT2D eigenvalue weighted by Crippen LogP contribution is 2.44. The van der Waals surface area contributed by atoms with Crippen LogP contribution >= 0.6 is 0 Å². The van der Waals surface area contributed by atoms with Crippen molar-refractivity contribution in [3.05, 3.63) is 0 Å². The Bertz CT molecular complexity index is 262. The Kier molecular flexibility index (Phi) is 4.99. The molecule has 3 unspecified atom stereocenters. The van der Waals surface area contributed by atoms with Gasteiger partial charge in [0, 0.05) is 18.9 Å². The van der Waals surface area contributed by atoms with E-state index in [-0.39, 0.29) is 18.0 Å². The van der Waals surface area contributed by atoms with Gasteiger partial charge in [-0.25, -0.2) is 0 Å². The first kappa shape index (κ1) is 14.5. The van der Waals surface area contributed by atoms with E-state index in [1.807, 2.05) is 0 Å². The summed E-state index contributed by atoms with van der Waals surface area (Å²) in [4.78, 5) is 10.9. The normalized spacial score (nSPS) is 33.8. The minimum atomic E-state index is -0.210. The third kappa shape index (κ3) is 3.98. The monoisotopic (exact) mass is 242 g/mol. The summed E-state index contributed by atoms with van der Waals surface area (Å²) in [5.74, 6) is 1.36. The average Bonchev–Trinajstić information content (AvgIpc) is 2.26. The van der Waals surface area contributed by atoms with E-state index in [4.69, 9.17) is 4.74 Å². The van der Waals surface area contributed by atoms with Gasteiger partial charge in [0.05, 0.1) is 6.61 Å². The summed E-state index contributed by atoms with van der Waals surface area (Å²) in [6.45, 7) is 8.80. The van der Waals surface area contributed by atoms with Crippen LogP contribution in [0.4, 0.5) is 0 Å². The lowest BCUT2D eigenvalue weighted by Crippen LogP contribution is -2.38. The number of aliphatic hydroxyl groups is 1. The van der Waals surface area contributed by atoms with Crippen LogP contribution in [0.1, 0.15) is 47.0 Å². The number of hydrogen-bond donors (Lipinski definition) is 1. The second-order valence-electron chi connectivity index (χ2n) is 6.18. The summed E-state index contributed by atoms with van der Waals surface area (Å²) >= 11 is 0. The van der Waals surface area contributed by atoms with Crippen LogP contribution in [-0.4, -0.2) is 24.3 Å². The lowest BCUT2D eigenvalue weighted by atomic mass is 9.64. The molecule has 0 aromatic carbocycles. The standard InChI is InChI=1S/C14H26O3/c1-10(2)13-5-6-14(4,7-12(13)8-15)9-17-11(3)16/h10,12-13,15H,5-9H2,1-4H3. The van der Waals surface area contributed by atoms with Crippen molar-refractivity contribution in [1.29, 1.82) is 0 Å². The number of esters is 1. The maximum atomic E-state index is 10.9. The molecule has 17 heavy (non-hydrogen) atoms. The molecule has 3 nitrogen and oxygen atoms in total. The van der Waals surface area contributed by atoms with Crippen molar-refractivity contribution in [3.63, 3.8) is 0 Å². The van der Waals surface area contributed by atoms with Gasteiger partial charge < -0.3 is 9.84 Å². The zero-order chi connectivity index (χ0) is 13.1. The molecule has 0 aromatic heterocycles. The highest BCUT2D eigenvalue weighted by molar-refractivity contribution is 5.65. The van der Waals surface area contributed by atoms with Crippen molar-refractivity contribution in [2.45, 2.75) is 47.0 Å². The van der Waals surface area contributed by atoms with E-state index in [1.54, 1.807) is 0 Å². The second-order valence-corrected chi connectivity index (χ2v) is 6.18. The number of carbonyl (C=O) groups excluding carboxylic acids is 1. The van der Waals surface area contributed by atoms with Crippen molar-refractivity contribution in [2.75, 3.05) is 13.2 Å². The van der Waals surface area contributed by atoms with E-state index in [2.05, 4.69) is 20.8 Å². The third-order valence-corrected chi connectivity index (χ3v) is 4.16. The number of carbonyl (C=O) groups is 1. The summed E-state index contributed by atoms with van der Waals surface area (Å²) in [6, 6.07) is 0. The fourth-order valence-corrected chi connectivity index (χ4v) is 3.12. The number of aliphatic hydroxyl groups excluding tert-OH is 1. The van der Waals surface area contributed by atoms with Gasteiger partial charge in [-0.1, -0.05) is 20.8 Å². The molecule has 0 heterocycles. The summed E-state index contributed by atoms with van der Waals surface area (Å²) < 4.78 is 5.15. The predicted molar refractivity (Wildman–Crippen MR) is 67.5 cm³/mol. The Morgan fingerprint density at radius 3 is 2.65 bits per heavy atom. The Balaban J connectivity index is 2.59. The van der Waals surface area contributed by atoms with Gasteiger partial charge in [-0.05, 0) is 37.0 Å². The van der Waals surface area contributed by atoms with Crippen LogP contribution in [0.5, 0.6) is 0 Å². The highest BCUT2D eigenvalue weighted by atomic mass is 16.5. The first-order valence-corrected chi connectivity index (χ1v) is 6.62. The van der Waals surface area contributed by atoms with E-state index >= 15 is 0 Å². The Hall–Kier alpha value is -0.570. The number of hydrogen-bond acceptors (Lipinski definition) is 3. The molecule has 0 aliphatic heterocycles. The third-order valence-electron chi connectivity index (χ3n) is 4.16. The van der Waals surface area contributed by atoms with Gasteiger partial charge in [-0.2, -0.15) is 0 Å². The summed E-state index contributed by atoms with van der Waals surface area (Å²) in [5, 5.41) is 9.51. The molecule has 0 radical (unpaired) electrons. The molecule has 1 rings (SSSR count). The first-order valence-electron chi connectivity index (χ1n) is 6.62. The summed E-state index contributed by atoms with van der Waals surface area (Å²) in [5.41, 5.74) is 0.0461. The van der Waals surface area contributed by atoms with Crippen molar-refractivity contribution < 1.29 is 14.6 Å². The van der Waals surface area contributed by atoms with Gasteiger partial charge in [-0.3, -0.25) is 4.79 Å². The lowest BCUT2D eigenvalue weighted by molar-refractivity contribution is -0.146. The fraction of sp³-hybridized carbons (Fsp3) is 0.929. The number of ether oxygens (including phenoxy) is 1. The highest BCUT2D eigenvalue weighted by Gasteiger charge is 2.39. The van der Waals surface area contributed by atoms with Gasteiger partial charge in [-0.15, -0.1) is 0 Å². The van der Waals surface area contributed by atoms with Crippen LogP contribution in [0.2, 0.25) is 0 Å². The maximum Gasteiger partial charge on any atom is 0.302 e. The second kappa shape index (κ2) is 5.85. The number of rotatable bonds is 4. The van der Waals surface area contributed by atoms with Gasteiger partial charge in [0.2, 0.25) is 0 Å². The summed E-state index contributed by atoms with van der Waals surface area (Å²) in [6.07, 6.45) is 3.17. The SMILES string of the molecule is CC(=O)OCC1(C)CCC(C(C)C)C(CO)C1. The predicted octanol–water partition coefficient (Wildman–Crippen LogP) is 2.62. The van der Waals surface area contributed by atoms with Crippen LogP contribution in [0.15, 0.2) is 0 Å². The molecule has 3 atom stereocenters. The Morgan fingerprint density at radius 2 is 2.18 bits per heavy atom. The van der Waals surface area contributed by atoms with Gasteiger partial charge in [0.15, 0.2) is 0 Å². The lowest BCUT2D eigenvalue weighted by Gasteiger charge is -2.43. The molecular weight excluding hydrogens is 216 g/mol. The maximum absolute atomic E-state index is 10.9. The van der Waals surface area contributed by atoms with Crippen LogP contribution < -0.4 is 0 Å². The van der Waals surface area contributed by atoms with Crippen LogP contribution in [0.3, 0.4) is 0 Å². The molecule has 1 aliphatic rings. The molecule has 3 heteroatoms. The molecule has 1 N–H and O–H groups in total. The molecule has 1 aliphatic carbocycles. The smallest absolute Gasteiger partial charge is 0.302 e. The van der Waals surface area contributed by atoms with Crippen molar-refractivity contribution >= 4 is 5.97 Å². The first-order chi connectivity index (χ1) is 7.88. The zero-order valence-corrected chi connectivity index (χ0v) is 11.5. The van der Waals surface area contributed by atoms with Gasteiger partial charge in [0.25, 0.3) is 0 Å².